The third kappa shape index (κ3) is 4.83. The van der Waals surface area contributed by atoms with Gasteiger partial charge in [-0.2, -0.15) is 0 Å². The number of halogens is 1. The molecule has 0 bridgehead atoms. The molecule has 0 aliphatic heterocycles. The fourth-order valence-corrected chi connectivity index (χ4v) is 2.27. The van der Waals surface area contributed by atoms with Crippen molar-refractivity contribution < 1.29 is 14.3 Å². The van der Waals surface area contributed by atoms with Gasteiger partial charge >= 0.3 is 5.97 Å². The van der Waals surface area contributed by atoms with Gasteiger partial charge in [0.1, 0.15) is 0 Å². The lowest BCUT2D eigenvalue weighted by atomic mass is 10.1. The van der Waals surface area contributed by atoms with Gasteiger partial charge in [-0.25, -0.2) is 4.79 Å². The van der Waals surface area contributed by atoms with Crippen molar-refractivity contribution in [3.63, 3.8) is 0 Å². The van der Waals surface area contributed by atoms with Gasteiger partial charge in [-0.3, -0.25) is 4.79 Å². The lowest BCUT2D eigenvalue weighted by Crippen LogP contribution is -2.15. The zero-order valence-electron chi connectivity index (χ0n) is 13.1. The standard InChI is InChI=1S/C18H18ClNO3/c1-3-23-18(22)14-8-9-16(15(19)11-14)20-17(21)10-13-6-4-12(2)5-7-13/h4-9,11H,3,10H2,1-2H3,(H,20,21). The Hall–Kier alpha value is -2.33. The van der Waals surface area contributed by atoms with Gasteiger partial charge in [-0.05, 0) is 37.6 Å². The quantitative estimate of drug-likeness (QED) is 0.842. The molecule has 1 amide bonds. The van der Waals surface area contributed by atoms with Gasteiger partial charge in [-0.15, -0.1) is 0 Å². The molecule has 0 saturated heterocycles. The van der Waals surface area contributed by atoms with Crippen molar-refractivity contribution in [3.8, 4) is 0 Å². The molecule has 2 aromatic rings. The Morgan fingerprint density at radius 3 is 2.43 bits per heavy atom. The van der Waals surface area contributed by atoms with Crippen LogP contribution >= 0.6 is 11.6 Å². The topological polar surface area (TPSA) is 55.4 Å². The van der Waals surface area contributed by atoms with Crippen molar-refractivity contribution in [2.45, 2.75) is 20.3 Å². The smallest absolute Gasteiger partial charge is 0.338 e. The fourth-order valence-electron chi connectivity index (χ4n) is 2.04. The van der Waals surface area contributed by atoms with Gasteiger partial charge in [0, 0.05) is 0 Å². The number of esters is 1. The van der Waals surface area contributed by atoms with E-state index >= 15 is 0 Å². The molecule has 0 radical (unpaired) electrons. The number of benzene rings is 2. The van der Waals surface area contributed by atoms with Crippen LogP contribution in [0.25, 0.3) is 0 Å². The first-order chi connectivity index (χ1) is 11.0. The Morgan fingerprint density at radius 2 is 1.83 bits per heavy atom. The molecule has 0 saturated carbocycles. The predicted molar refractivity (Wildman–Crippen MR) is 90.9 cm³/mol. The Bertz CT molecular complexity index is 711. The van der Waals surface area contributed by atoms with Crippen molar-refractivity contribution in [2.75, 3.05) is 11.9 Å². The second-order valence-corrected chi connectivity index (χ2v) is 5.53. The highest BCUT2D eigenvalue weighted by molar-refractivity contribution is 6.34. The molecule has 0 fully saturated rings. The van der Waals surface area contributed by atoms with Crippen molar-refractivity contribution in [2.24, 2.45) is 0 Å². The third-order valence-electron chi connectivity index (χ3n) is 3.24. The number of aryl methyl sites for hydroxylation is 1. The Balaban J connectivity index is 2.03. The number of amides is 1. The monoisotopic (exact) mass is 331 g/mol. The minimum atomic E-state index is -0.438. The van der Waals surface area contributed by atoms with E-state index in [1.807, 2.05) is 31.2 Å². The molecule has 23 heavy (non-hydrogen) atoms. The molecule has 0 atom stereocenters. The van der Waals surface area contributed by atoms with E-state index in [0.717, 1.165) is 11.1 Å². The highest BCUT2D eigenvalue weighted by atomic mass is 35.5. The molecule has 0 aliphatic carbocycles. The zero-order chi connectivity index (χ0) is 16.8. The maximum Gasteiger partial charge on any atom is 0.338 e. The summed E-state index contributed by atoms with van der Waals surface area (Å²) in [5.74, 6) is -0.605. The molecular formula is C18H18ClNO3. The highest BCUT2D eigenvalue weighted by Crippen LogP contribution is 2.23. The first kappa shape index (κ1) is 17.0. The summed E-state index contributed by atoms with van der Waals surface area (Å²) in [6.45, 7) is 4.03. The van der Waals surface area contributed by atoms with E-state index < -0.39 is 5.97 Å². The molecule has 0 aromatic heterocycles. The predicted octanol–water partition coefficient (Wildman–Crippen LogP) is 4.01. The number of anilines is 1. The van der Waals surface area contributed by atoms with Crippen LogP contribution in [0.4, 0.5) is 5.69 Å². The van der Waals surface area contributed by atoms with Gasteiger partial charge in [0.2, 0.25) is 5.91 Å². The van der Waals surface area contributed by atoms with E-state index in [0.29, 0.717) is 22.9 Å². The summed E-state index contributed by atoms with van der Waals surface area (Å²) in [5, 5.41) is 3.05. The van der Waals surface area contributed by atoms with Crippen molar-refractivity contribution in [3.05, 3.63) is 64.2 Å². The van der Waals surface area contributed by atoms with Crippen molar-refractivity contribution >= 4 is 29.2 Å². The zero-order valence-corrected chi connectivity index (χ0v) is 13.8. The second kappa shape index (κ2) is 7.79. The van der Waals surface area contributed by atoms with Gasteiger partial charge < -0.3 is 10.1 Å². The highest BCUT2D eigenvalue weighted by Gasteiger charge is 2.11. The molecule has 4 nitrogen and oxygen atoms in total. The number of ether oxygens (including phenoxy) is 1. The van der Waals surface area contributed by atoms with Gasteiger partial charge in [-0.1, -0.05) is 41.4 Å². The van der Waals surface area contributed by atoms with Crippen LogP contribution in [0, 0.1) is 6.92 Å². The first-order valence-electron chi connectivity index (χ1n) is 7.31. The van der Waals surface area contributed by atoms with Crippen LogP contribution in [0.5, 0.6) is 0 Å². The molecule has 2 aromatic carbocycles. The molecule has 0 heterocycles. The fraction of sp³-hybridized carbons (Fsp3) is 0.222. The summed E-state index contributed by atoms with van der Waals surface area (Å²) >= 11 is 6.12. The SMILES string of the molecule is CCOC(=O)c1ccc(NC(=O)Cc2ccc(C)cc2)c(Cl)c1. The van der Waals surface area contributed by atoms with E-state index in [1.165, 1.54) is 6.07 Å². The van der Waals surface area contributed by atoms with E-state index in [4.69, 9.17) is 16.3 Å². The van der Waals surface area contributed by atoms with Crippen LogP contribution in [0.15, 0.2) is 42.5 Å². The van der Waals surface area contributed by atoms with Crippen LogP contribution in [-0.2, 0) is 16.0 Å². The Kier molecular flexibility index (Phi) is 5.77. The molecule has 1 N–H and O–H groups in total. The Labute approximate surface area is 140 Å². The average Bonchev–Trinajstić information content (AvgIpc) is 2.52. The van der Waals surface area contributed by atoms with Crippen molar-refractivity contribution in [1.29, 1.82) is 0 Å². The minimum Gasteiger partial charge on any atom is -0.462 e. The lowest BCUT2D eigenvalue weighted by molar-refractivity contribution is -0.115. The molecular weight excluding hydrogens is 314 g/mol. The molecule has 0 spiro atoms. The maximum atomic E-state index is 12.1. The molecule has 0 unspecified atom stereocenters. The van der Waals surface area contributed by atoms with Gasteiger partial charge in [0.15, 0.2) is 0 Å². The molecule has 120 valence electrons. The van der Waals surface area contributed by atoms with Crippen LogP contribution in [0.3, 0.4) is 0 Å². The third-order valence-corrected chi connectivity index (χ3v) is 3.55. The van der Waals surface area contributed by atoms with Crippen molar-refractivity contribution in [1.82, 2.24) is 0 Å². The van der Waals surface area contributed by atoms with Crippen LogP contribution in [0.2, 0.25) is 5.02 Å². The van der Waals surface area contributed by atoms with E-state index in [1.54, 1.807) is 19.1 Å². The largest absolute Gasteiger partial charge is 0.462 e. The van der Waals surface area contributed by atoms with Crippen LogP contribution in [0.1, 0.15) is 28.4 Å². The van der Waals surface area contributed by atoms with Gasteiger partial charge in [0.25, 0.3) is 0 Å². The molecule has 2 rings (SSSR count). The average molecular weight is 332 g/mol. The first-order valence-corrected chi connectivity index (χ1v) is 7.69. The second-order valence-electron chi connectivity index (χ2n) is 5.13. The summed E-state index contributed by atoms with van der Waals surface area (Å²) in [5.41, 5.74) is 2.89. The van der Waals surface area contributed by atoms with E-state index in [9.17, 15) is 9.59 Å². The summed E-state index contributed by atoms with van der Waals surface area (Å²) in [4.78, 5) is 23.7. The summed E-state index contributed by atoms with van der Waals surface area (Å²) in [6, 6.07) is 12.4. The number of hydrogen-bond acceptors (Lipinski definition) is 3. The molecule has 0 aliphatic rings. The number of rotatable bonds is 5. The Morgan fingerprint density at radius 1 is 1.13 bits per heavy atom. The molecule has 5 heteroatoms. The number of carbonyl (C=O) groups is 2. The maximum absolute atomic E-state index is 12.1. The minimum absolute atomic E-state index is 0.167. The number of nitrogens with one attached hydrogen (secondary N) is 1. The van der Waals surface area contributed by atoms with Crippen LogP contribution in [-0.4, -0.2) is 18.5 Å². The van der Waals surface area contributed by atoms with E-state index in [-0.39, 0.29) is 12.3 Å². The lowest BCUT2D eigenvalue weighted by Gasteiger charge is -2.09. The number of carbonyl (C=O) groups excluding carboxylic acids is 2. The van der Waals surface area contributed by atoms with Crippen LogP contribution < -0.4 is 5.32 Å². The summed E-state index contributed by atoms with van der Waals surface area (Å²) in [7, 11) is 0. The normalized spacial score (nSPS) is 10.2. The summed E-state index contributed by atoms with van der Waals surface area (Å²) in [6.07, 6.45) is 0.260. The number of hydrogen-bond donors (Lipinski definition) is 1. The summed E-state index contributed by atoms with van der Waals surface area (Å²) < 4.78 is 4.91. The van der Waals surface area contributed by atoms with Gasteiger partial charge in [0.05, 0.1) is 29.3 Å². The van der Waals surface area contributed by atoms with E-state index in [2.05, 4.69) is 5.32 Å².